The van der Waals surface area contributed by atoms with Gasteiger partial charge in [0.2, 0.25) is 0 Å². The van der Waals surface area contributed by atoms with E-state index in [0.29, 0.717) is 10.6 Å². The summed E-state index contributed by atoms with van der Waals surface area (Å²) in [6.45, 7) is 4.85. The van der Waals surface area contributed by atoms with E-state index in [4.69, 9.17) is 11.6 Å². The lowest BCUT2D eigenvalue weighted by molar-refractivity contribution is 0.509. The molecule has 2 rings (SSSR count). The van der Waals surface area contributed by atoms with Gasteiger partial charge in [0, 0.05) is 16.6 Å². The molecule has 3 heteroatoms. The first-order chi connectivity index (χ1) is 9.63. The van der Waals surface area contributed by atoms with Gasteiger partial charge in [0.15, 0.2) is 0 Å². The zero-order valence-electron chi connectivity index (χ0n) is 11.8. The summed E-state index contributed by atoms with van der Waals surface area (Å²) in [5.41, 5.74) is 2.97. The fraction of sp³-hybridized carbons (Fsp3) is 0.294. The molecule has 0 aromatic heterocycles. The van der Waals surface area contributed by atoms with Crippen molar-refractivity contribution >= 4 is 11.6 Å². The molecule has 0 aliphatic carbocycles. The van der Waals surface area contributed by atoms with E-state index in [9.17, 15) is 4.39 Å². The van der Waals surface area contributed by atoms with Gasteiger partial charge in [-0.3, -0.25) is 0 Å². The molecule has 0 aliphatic heterocycles. The molecule has 2 aromatic carbocycles. The van der Waals surface area contributed by atoms with Crippen molar-refractivity contribution in [2.45, 2.75) is 26.3 Å². The Morgan fingerprint density at radius 3 is 2.55 bits per heavy atom. The van der Waals surface area contributed by atoms with Crippen LogP contribution < -0.4 is 5.32 Å². The van der Waals surface area contributed by atoms with Crippen LogP contribution in [0.15, 0.2) is 42.5 Å². The number of likely N-dealkylation sites (N-methyl/N-ethyl adjacent to an activating group) is 1. The summed E-state index contributed by atoms with van der Waals surface area (Å²) in [6, 6.07) is 12.9. The molecule has 0 amide bonds. The van der Waals surface area contributed by atoms with Crippen molar-refractivity contribution in [2.24, 2.45) is 0 Å². The Kier molecular flexibility index (Phi) is 5.16. The molecule has 0 radical (unpaired) electrons. The molecule has 0 bridgehead atoms. The van der Waals surface area contributed by atoms with Crippen molar-refractivity contribution in [3.63, 3.8) is 0 Å². The summed E-state index contributed by atoms with van der Waals surface area (Å²) in [6.07, 6.45) is 0.723. The summed E-state index contributed by atoms with van der Waals surface area (Å²) in [5.74, 6) is -0.253. The molecule has 0 spiro atoms. The molecule has 1 unspecified atom stereocenters. The zero-order valence-corrected chi connectivity index (χ0v) is 12.5. The Morgan fingerprint density at radius 1 is 1.15 bits per heavy atom. The largest absolute Gasteiger partial charge is 0.310 e. The second kappa shape index (κ2) is 6.87. The average molecular weight is 292 g/mol. The van der Waals surface area contributed by atoms with E-state index in [-0.39, 0.29) is 11.9 Å². The van der Waals surface area contributed by atoms with E-state index in [1.54, 1.807) is 12.1 Å². The number of hydrogen-bond donors (Lipinski definition) is 1. The fourth-order valence-corrected chi connectivity index (χ4v) is 2.72. The van der Waals surface area contributed by atoms with Crippen molar-refractivity contribution in [3.8, 4) is 0 Å². The highest BCUT2D eigenvalue weighted by Gasteiger charge is 2.19. The highest BCUT2D eigenvalue weighted by atomic mass is 35.5. The quantitative estimate of drug-likeness (QED) is 0.843. The molecule has 1 atom stereocenters. The third-order valence-corrected chi connectivity index (χ3v) is 3.81. The van der Waals surface area contributed by atoms with Crippen LogP contribution in [0.25, 0.3) is 0 Å². The molecule has 0 aliphatic rings. The minimum atomic E-state index is -0.253. The monoisotopic (exact) mass is 291 g/mol. The predicted octanol–water partition coefficient (Wildman–Crippen LogP) is 4.68. The van der Waals surface area contributed by atoms with Crippen molar-refractivity contribution < 1.29 is 4.39 Å². The molecule has 1 N–H and O–H groups in total. The smallest absolute Gasteiger partial charge is 0.129 e. The van der Waals surface area contributed by atoms with E-state index in [1.807, 2.05) is 19.1 Å². The number of nitrogens with one attached hydrogen (secondary N) is 1. The minimum Gasteiger partial charge on any atom is -0.310 e. The predicted molar refractivity (Wildman–Crippen MR) is 82.7 cm³/mol. The lowest BCUT2D eigenvalue weighted by Gasteiger charge is -2.21. The lowest BCUT2D eigenvalue weighted by Crippen LogP contribution is -2.24. The van der Waals surface area contributed by atoms with E-state index < -0.39 is 0 Å². The van der Waals surface area contributed by atoms with Crippen molar-refractivity contribution in [3.05, 3.63) is 70.0 Å². The Hall–Kier alpha value is -1.38. The van der Waals surface area contributed by atoms with Crippen LogP contribution in [0.2, 0.25) is 5.02 Å². The van der Waals surface area contributed by atoms with Crippen LogP contribution in [0, 0.1) is 12.7 Å². The summed E-state index contributed by atoms with van der Waals surface area (Å²) < 4.78 is 14.1. The van der Waals surface area contributed by atoms with Crippen molar-refractivity contribution in [1.29, 1.82) is 0 Å². The van der Waals surface area contributed by atoms with E-state index in [0.717, 1.165) is 13.0 Å². The minimum absolute atomic E-state index is 0.116. The first-order valence-corrected chi connectivity index (χ1v) is 7.23. The Labute approximate surface area is 124 Å². The first-order valence-electron chi connectivity index (χ1n) is 6.85. The van der Waals surface area contributed by atoms with Crippen LogP contribution in [0.5, 0.6) is 0 Å². The van der Waals surface area contributed by atoms with Gasteiger partial charge in [-0.25, -0.2) is 4.39 Å². The number of rotatable bonds is 5. The number of halogens is 2. The summed E-state index contributed by atoms with van der Waals surface area (Å²) in [4.78, 5) is 0. The summed E-state index contributed by atoms with van der Waals surface area (Å²) in [5, 5.41) is 3.81. The molecule has 0 saturated heterocycles. The van der Waals surface area contributed by atoms with Gasteiger partial charge in [-0.1, -0.05) is 48.9 Å². The van der Waals surface area contributed by atoms with E-state index in [1.165, 1.54) is 17.2 Å². The SMILES string of the molecule is CCNC(Cc1ccccc1C)c1c(F)cccc1Cl. The third kappa shape index (κ3) is 3.38. The molecule has 0 fully saturated rings. The van der Waals surface area contributed by atoms with Crippen LogP contribution in [0.3, 0.4) is 0 Å². The maximum absolute atomic E-state index is 14.1. The van der Waals surface area contributed by atoms with E-state index in [2.05, 4.69) is 24.4 Å². The fourth-order valence-electron chi connectivity index (χ4n) is 2.43. The number of hydrogen-bond acceptors (Lipinski definition) is 1. The number of aryl methyl sites for hydroxylation is 1. The highest BCUT2D eigenvalue weighted by Crippen LogP contribution is 2.29. The molecular formula is C17H19ClFN. The van der Waals surface area contributed by atoms with Crippen molar-refractivity contribution in [1.82, 2.24) is 5.32 Å². The molecular weight excluding hydrogens is 273 g/mol. The lowest BCUT2D eigenvalue weighted by atomic mass is 9.95. The molecule has 1 nitrogen and oxygen atoms in total. The van der Waals surface area contributed by atoms with Gasteiger partial charge in [0.25, 0.3) is 0 Å². The van der Waals surface area contributed by atoms with Gasteiger partial charge < -0.3 is 5.32 Å². The Morgan fingerprint density at radius 2 is 1.90 bits per heavy atom. The standard InChI is InChI=1S/C17H19ClFN/c1-3-20-16(11-13-8-5-4-7-12(13)2)17-14(18)9-6-10-15(17)19/h4-10,16,20H,3,11H2,1-2H3. The van der Waals surface area contributed by atoms with Gasteiger partial charge in [0.05, 0.1) is 0 Å². The van der Waals surface area contributed by atoms with Gasteiger partial charge in [-0.15, -0.1) is 0 Å². The highest BCUT2D eigenvalue weighted by molar-refractivity contribution is 6.31. The average Bonchev–Trinajstić information content (AvgIpc) is 2.41. The first kappa shape index (κ1) is 15.0. The van der Waals surface area contributed by atoms with Gasteiger partial charge in [0.1, 0.15) is 5.82 Å². The molecule has 2 aromatic rings. The summed E-state index contributed by atoms with van der Waals surface area (Å²) in [7, 11) is 0. The Bertz CT molecular complexity index is 563. The molecule has 0 saturated carbocycles. The Balaban J connectivity index is 2.35. The van der Waals surface area contributed by atoms with Crippen LogP contribution in [0.4, 0.5) is 4.39 Å². The van der Waals surface area contributed by atoms with Gasteiger partial charge in [-0.2, -0.15) is 0 Å². The normalized spacial score (nSPS) is 12.4. The van der Waals surface area contributed by atoms with Crippen LogP contribution >= 0.6 is 11.6 Å². The van der Waals surface area contributed by atoms with Crippen molar-refractivity contribution in [2.75, 3.05) is 6.54 Å². The van der Waals surface area contributed by atoms with Crippen LogP contribution in [-0.2, 0) is 6.42 Å². The third-order valence-electron chi connectivity index (χ3n) is 3.48. The number of benzene rings is 2. The summed E-state index contributed by atoms with van der Waals surface area (Å²) >= 11 is 6.19. The second-order valence-electron chi connectivity index (χ2n) is 4.88. The zero-order chi connectivity index (χ0) is 14.5. The topological polar surface area (TPSA) is 12.0 Å². The molecule has 20 heavy (non-hydrogen) atoms. The van der Waals surface area contributed by atoms with Crippen LogP contribution in [-0.4, -0.2) is 6.54 Å². The maximum atomic E-state index is 14.1. The molecule has 0 heterocycles. The van der Waals surface area contributed by atoms with Gasteiger partial charge >= 0.3 is 0 Å². The molecule has 106 valence electrons. The van der Waals surface area contributed by atoms with Crippen LogP contribution in [0.1, 0.15) is 29.7 Å². The van der Waals surface area contributed by atoms with E-state index >= 15 is 0 Å². The maximum Gasteiger partial charge on any atom is 0.129 e. The van der Waals surface area contributed by atoms with Gasteiger partial charge in [-0.05, 0) is 43.1 Å². The second-order valence-corrected chi connectivity index (χ2v) is 5.28.